The van der Waals surface area contributed by atoms with E-state index >= 15 is 0 Å². The Balaban J connectivity index is 1.45. The van der Waals surface area contributed by atoms with E-state index in [1.807, 2.05) is 6.92 Å². The number of carbonyl (C=O) groups excluding carboxylic acids is 1. The molecule has 2 N–H and O–H groups in total. The van der Waals surface area contributed by atoms with Gasteiger partial charge in [0.05, 0.1) is 6.04 Å². The van der Waals surface area contributed by atoms with E-state index in [1.165, 1.54) is 11.1 Å². The topological polar surface area (TPSA) is 70.4 Å². The lowest BCUT2D eigenvalue weighted by Gasteiger charge is -2.29. The summed E-state index contributed by atoms with van der Waals surface area (Å²) in [6, 6.07) is 10.1. The van der Waals surface area contributed by atoms with Crippen LogP contribution in [-0.4, -0.2) is 41.6 Å². The quantitative estimate of drug-likeness (QED) is 0.808. The highest BCUT2D eigenvalue weighted by molar-refractivity contribution is 5.93. The maximum Gasteiger partial charge on any atom is 0.242 e. The Labute approximate surface area is 148 Å². The molecule has 25 heavy (non-hydrogen) atoms. The van der Waals surface area contributed by atoms with Crippen LogP contribution in [0.25, 0.3) is 0 Å². The molecule has 0 radical (unpaired) electrons. The van der Waals surface area contributed by atoms with E-state index in [0.717, 1.165) is 39.0 Å². The third-order valence-corrected chi connectivity index (χ3v) is 4.63. The van der Waals surface area contributed by atoms with Gasteiger partial charge in [-0.2, -0.15) is 0 Å². The first-order valence-electron chi connectivity index (χ1n) is 8.92. The number of hydrogen-bond acceptors (Lipinski definition) is 5. The average molecular weight is 342 g/mol. The van der Waals surface area contributed by atoms with E-state index in [1.54, 1.807) is 13.0 Å². The van der Waals surface area contributed by atoms with E-state index in [4.69, 9.17) is 4.52 Å². The number of benzene rings is 1. The van der Waals surface area contributed by atoms with E-state index in [9.17, 15) is 4.79 Å². The van der Waals surface area contributed by atoms with Crippen molar-refractivity contribution in [2.45, 2.75) is 39.3 Å². The van der Waals surface area contributed by atoms with Crippen LogP contribution in [0.1, 0.15) is 30.2 Å². The van der Waals surface area contributed by atoms with Crippen LogP contribution in [0.15, 0.2) is 34.9 Å². The molecule has 134 valence electrons. The fourth-order valence-corrected chi connectivity index (χ4v) is 3.20. The molecular weight excluding hydrogens is 316 g/mol. The van der Waals surface area contributed by atoms with Gasteiger partial charge in [0.1, 0.15) is 5.76 Å². The highest BCUT2D eigenvalue weighted by Crippen LogP contribution is 2.17. The van der Waals surface area contributed by atoms with Gasteiger partial charge in [0.25, 0.3) is 0 Å². The molecule has 1 atom stereocenters. The van der Waals surface area contributed by atoms with Crippen molar-refractivity contribution in [2.75, 3.05) is 25.0 Å². The van der Waals surface area contributed by atoms with E-state index < -0.39 is 0 Å². The van der Waals surface area contributed by atoms with Crippen LogP contribution in [0, 0.1) is 6.92 Å². The molecule has 0 saturated carbocycles. The summed E-state index contributed by atoms with van der Waals surface area (Å²) in [6.45, 7) is 7.57. The van der Waals surface area contributed by atoms with Gasteiger partial charge in [0, 0.05) is 32.2 Å². The Morgan fingerprint density at radius 2 is 2.16 bits per heavy atom. The molecule has 1 aliphatic rings. The summed E-state index contributed by atoms with van der Waals surface area (Å²) >= 11 is 0. The van der Waals surface area contributed by atoms with Crippen molar-refractivity contribution >= 4 is 11.7 Å². The lowest BCUT2D eigenvalue weighted by atomic mass is 10.00. The zero-order valence-corrected chi connectivity index (χ0v) is 14.9. The molecule has 2 aromatic rings. The zero-order valence-electron chi connectivity index (χ0n) is 14.9. The molecule has 0 bridgehead atoms. The average Bonchev–Trinajstić information content (AvgIpc) is 3.03. The first kappa shape index (κ1) is 17.6. The highest BCUT2D eigenvalue weighted by Gasteiger charge is 2.19. The lowest BCUT2D eigenvalue weighted by molar-refractivity contribution is -0.118. The number of hydrogen-bond donors (Lipinski definition) is 2. The van der Waals surface area contributed by atoms with Crippen molar-refractivity contribution in [3.63, 3.8) is 0 Å². The normalized spacial score (nSPS) is 15.6. The van der Waals surface area contributed by atoms with Crippen LogP contribution in [0.3, 0.4) is 0 Å². The number of carbonyl (C=O) groups is 1. The largest absolute Gasteiger partial charge is 0.360 e. The summed E-state index contributed by atoms with van der Waals surface area (Å²) in [7, 11) is 0. The van der Waals surface area contributed by atoms with Gasteiger partial charge in [-0.25, -0.2) is 0 Å². The minimum absolute atomic E-state index is 0.0696. The van der Waals surface area contributed by atoms with E-state index in [2.05, 4.69) is 45.0 Å². The number of aryl methyl sites for hydroxylation is 1. The van der Waals surface area contributed by atoms with Crippen molar-refractivity contribution in [1.29, 1.82) is 0 Å². The number of rotatable bonds is 7. The first-order chi connectivity index (χ1) is 12.2. The van der Waals surface area contributed by atoms with Crippen LogP contribution in [0.5, 0.6) is 0 Å². The zero-order chi connectivity index (χ0) is 17.6. The second-order valence-electron chi connectivity index (χ2n) is 6.52. The summed E-state index contributed by atoms with van der Waals surface area (Å²) < 4.78 is 4.98. The molecule has 1 aliphatic heterocycles. The summed E-state index contributed by atoms with van der Waals surface area (Å²) in [5.41, 5.74) is 2.88. The first-order valence-corrected chi connectivity index (χ1v) is 8.92. The summed E-state index contributed by atoms with van der Waals surface area (Å²) in [4.78, 5) is 14.8. The fourth-order valence-electron chi connectivity index (χ4n) is 3.20. The van der Waals surface area contributed by atoms with Gasteiger partial charge in [-0.3, -0.25) is 9.69 Å². The van der Waals surface area contributed by atoms with Crippen molar-refractivity contribution in [3.05, 3.63) is 47.2 Å². The number of nitrogens with zero attached hydrogens (tertiary/aromatic N) is 2. The predicted molar refractivity (Wildman–Crippen MR) is 97.4 cm³/mol. The molecule has 0 saturated heterocycles. The van der Waals surface area contributed by atoms with Crippen LogP contribution in [-0.2, 0) is 17.8 Å². The van der Waals surface area contributed by atoms with Crippen molar-refractivity contribution in [3.8, 4) is 0 Å². The third kappa shape index (κ3) is 4.67. The number of amides is 1. The Bertz CT molecular complexity index is 713. The van der Waals surface area contributed by atoms with Gasteiger partial charge in [0.2, 0.25) is 5.91 Å². The molecule has 1 aromatic heterocycles. The maximum absolute atomic E-state index is 12.3. The van der Waals surface area contributed by atoms with Gasteiger partial charge in [-0.15, -0.1) is 0 Å². The molecule has 0 fully saturated rings. The summed E-state index contributed by atoms with van der Waals surface area (Å²) in [5, 5.41) is 9.96. The number of aromatic nitrogens is 1. The molecule has 0 spiro atoms. The summed E-state index contributed by atoms with van der Waals surface area (Å²) in [5.74, 6) is 1.08. The highest BCUT2D eigenvalue weighted by atomic mass is 16.5. The maximum atomic E-state index is 12.3. The molecule has 1 aromatic carbocycles. The molecule has 3 rings (SSSR count). The van der Waals surface area contributed by atoms with Gasteiger partial charge >= 0.3 is 0 Å². The molecular formula is C19H26N4O2. The molecule has 6 heteroatoms. The van der Waals surface area contributed by atoms with E-state index in [-0.39, 0.29) is 11.9 Å². The van der Waals surface area contributed by atoms with Crippen LogP contribution in [0.2, 0.25) is 0 Å². The molecule has 2 heterocycles. The molecule has 0 aliphatic carbocycles. The van der Waals surface area contributed by atoms with Crippen LogP contribution >= 0.6 is 0 Å². The van der Waals surface area contributed by atoms with Crippen LogP contribution < -0.4 is 10.6 Å². The van der Waals surface area contributed by atoms with Gasteiger partial charge in [0.15, 0.2) is 5.82 Å². The molecule has 0 unspecified atom stereocenters. The Hall–Kier alpha value is -2.18. The Morgan fingerprint density at radius 1 is 1.36 bits per heavy atom. The lowest BCUT2D eigenvalue weighted by Crippen LogP contribution is -2.44. The van der Waals surface area contributed by atoms with Crippen molar-refractivity contribution in [2.24, 2.45) is 0 Å². The minimum atomic E-state index is -0.228. The molecule has 6 nitrogen and oxygen atoms in total. The third-order valence-electron chi connectivity index (χ3n) is 4.63. The fraction of sp³-hybridized carbons (Fsp3) is 0.474. The number of nitrogens with one attached hydrogen (secondary N) is 2. The minimum Gasteiger partial charge on any atom is -0.360 e. The monoisotopic (exact) mass is 342 g/mol. The smallest absolute Gasteiger partial charge is 0.242 e. The standard InChI is InChI=1S/C19H26N4O2/c1-3-17(19(24)21-18-12-14(2)25-22-18)20-9-11-23-10-8-15-6-4-5-7-16(15)13-23/h4-7,12,17,20H,3,8-11,13H2,1-2H3,(H,21,22,24)/t17-/m1/s1. The van der Waals surface area contributed by atoms with Gasteiger partial charge in [-0.05, 0) is 30.9 Å². The second-order valence-corrected chi connectivity index (χ2v) is 6.52. The number of anilines is 1. The Kier molecular flexibility index (Phi) is 5.83. The van der Waals surface area contributed by atoms with Gasteiger partial charge in [-0.1, -0.05) is 36.3 Å². The van der Waals surface area contributed by atoms with Crippen molar-refractivity contribution < 1.29 is 9.32 Å². The number of fused-ring (bicyclic) bond motifs is 1. The predicted octanol–water partition coefficient (Wildman–Crippen LogP) is 2.35. The van der Waals surface area contributed by atoms with E-state index in [0.29, 0.717) is 11.6 Å². The SMILES string of the molecule is CC[C@@H](NCCN1CCc2ccccc2C1)C(=O)Nc1cc(C)on1. The second kappa shape index (κ2) is 8.27. The van der Waals surface area contributed by atoms with Crippen molar-refractivity contribution in [1.82, 2.24) is 15.4 Å². The Morgan fingerprint density at radius 3 is 2.88 bits per heavy atom. The molecule has 1 amide bonds. The van der Waals surface area contributed by atoms with Crippen LogP contribution in [0.4, 0.5) is 5.82 Å². The summed E-state index contributed by atoms with van der Waals surface area (Å²) in [6.07, 6.45) is 1.82. The van der Waals surface area contributed by atoms with Gasteiger partial charge < -0.3 is 15.2 Å².